The number of halogens is 1. The molecule has 0 spiro atoms. The van der Waals surface area contributed by atoms with E-state index < -0.39 is 29.2 Å². The topological polar surface area (TPSA) is 102 Å². The highest BCUT2D eigenvalue weighted by Crippen LogP contribution is 2.32. The Morgan fingerprint density at radius 2 is 1.84 bits per heavy atom. The molecule has 11 heteroatoms. The number of hydrogen-bond acceptors (Lipinski definition) is 7. The predicted octanol–water partition coefficient (Wildman–Crippen LogP) is 4.63. The molecule has 0 radical (unpaired) electrons. The van der Waals surface area contributed by atoms with Crippen LogP contribution in [0.1, 0.15) is 39.3 Å². The van der Waals surface area contributed by atoms with E-state index in [4.69, 9.17) is 4.74 Å². The lowest BCUT2D eigenvalue weighted by Gasteiger charge is -2.33. The van der Waals surface area contributed by atoms with Gasteiger partial charge >= 0.3 is 0 Å². The minimum Gasteiger partial charge on any atom is -0.494 e. The average molecular weight is 537 g/mol. The molecule has 2 aromatic carbocycles. The molecule has 9 nitrogen and oxygen atoms in total. The Balaban J connectivity index is 1.76. The normalized spacial score (nSPS) is 12.1. The number of amides is 2. The number of para-hydroxylation sites is 1. The van der Waals surface area contributed by atoms with E-state index in [9.17, 15) is 9.59 Å². The van der Waals surface area contributed by atoms with Crippen LogP contribution in [0.2, 0.25) is 0 Å². The summed E-state index contributed by atoms with van der Waals surface area (Å²) in [6.45, 7) is 7.49. The number of thiophene rings is 1. The number of hydrogen-bond donors (Lipinski definition) is 1. The Bertz CT molecular complexity index is 1380. The summed E-state index contributed by atoms with van der Waals surface area (Å²) in [6, 6.07) is 15.2. The van der Waals surface area contributed by atoms with Gasteiger partial charge in [0.1, 0.15) is 24.2 Å². The van der Waals surface area contributed by atoms with E-state index in [1.807, 2.05) is 45.2 Å². The van der Waals surface area contributed by atoms with Crippen molar-refractivity contribution in [3.05, 3.63) is 77.4 Å². The second-order valence-electron chi connectivity index (χ2n) is 9.48. The lowest BCUT2D eigenvalue weighted by molar-refractivity contribution is -0.128. The van der Waals surface area contributed by atoms with Crippen LogP contribution in [-0.4, -0.2) is 44.2 Å². The second-order valence-corrected chi connectivity index (χ2v) is 10.4. The largest absolute Gasteiger partial charge is 0.494 e. The van der Waals surface area contributed by atoms with Crippen LogP contribution in [0.3, 0.4) is 0 Å². The monoisotopic (exact) mass is 536 g/mol. The highest BCUT2D eigenvalue weighted by atomic mass is 32.1. The molecule has 2 amide bonds. The van der Waals surface area contributed by atoms with E-state index in [-0.39, 0.29) is 12.2 Å². The first-order valence-corrected chi connectivity index (χ1v) is 13.0. The Hall–Kier alpha value is -4.12. The molecule has 0 unspecified atom stereocenters. The van der Waals surface area contributed by atoms with E-state index in [0.717, 1.165) is 14.6 Å². The number of rotatable bonds is 9. The van der Waals surface area contributed by atoms with Crippen LogP contribution in [0.5, 0.6) is 5.75 Å². The maximum Gasteiger partial charge on any atom is 0.251 e. The van der Waals surface area contributed by atoms with Crippen LogP contribution in [0.4, 0.5) is 10.1 Å². The van der Waals surface area contributed by atoms with Gasteiger partial charge in [-0.15, -0.1) is 21.5 Å². The zero-order chi connectivity index (χ0) is 27.3. The SMILES string of the molecule is CCOc1ccc([C@@H](C(=O)NC(C)(C)C)N(C(=O)Cn2nnc(-c3cccs3)n2)c2ccccc2F)cc1. The third kappa shape index (κ3) is 6.41. The van der Waals surface area contributed by atoms with Gasteiger partial charge in [0.05, 0.1) is 17.2 Å². The van der Waals surface area contributed by atoms with E-state index in [2.05, 4.69) is 20.7 Å². The van der Waals surface area contributed by atoms with Gasteiger partial charge in [0, 0.05) is 5.54 Å². The van der Waals surface area contributed by atoms with Crippen molar-refractivity contribution in [2.75, 3.05) is 11.5 Å². The van der Waals surface area contributed by atoms with Crippen molar-refractivity contribution >= 4 is 28.8 Å². The van der Waals surface area contributed by atoms with Crippen molar-refractivity contribution in [2.24, 2.45) is 0 Å². The molecule has 0 saturated carbocycles. The van der Waals surface area contributed by atoms with Gasteiger partial charge in [0.25, 0.3) is 5.91 Å². The van der Waals surface area contributed by atoms with Crippen LogP contribution in [0.15, 0.2) is 66.0 Å². The molecule has 0 saturated heterocycles. The number of ether oxygens (including phenoxy) is 1. The fraction of sp³-hybridized carbons (Fsp3) is 0.296. The number of aromatic nitrogens is 4. The molecular formula is C27H29FN6O3S. The van der Waals surface area contributed by atoms with Crippen LogP contribution in [0, 0.1) is 5.82 Å². The summed E-state index contributed by atoms with van der Waals surface area (Å²) in [5.41, 5.74) is -0.162. The van der Waals surface area contributed by atoms with E-state index in [1.165, 1.54) is 29.5 Å². The van der Waals surface area contributed by atoms with Crippen LogP contribution in [0.25, 0.3) is 10.7 Å². The summed E-state index contributed by atoms with van der Waals surface area (Å²) >= 11 is 1.44. The minimum absolute atomic E-state index is 0.0426. The molecular weight excluding hydrogens is 507 g/mol. The van der Waals surface area contributed by atoms with Gasteiger partial charge < -0.3 is 10.1 Å². The quantitative estimate of drug-likeness (QED) is 0.335. The van der Waals surface area contributed by atoms with Crippen molar-refractivity contribution in [1.29, 1.82) is 0 Å². The molecule has 0 bridgehead atoms. The van der Waals surface area contributed by atoms with Gasteiger partial charge in [-0.3, -0.25) is 14.5 Å². The number of nitrogens with zero attached hydrogens (tertiary/aromatic N) is 5. The Morgan fingerprint density at radius 1 is 1.11 bits per heavy atom. The van der Waals surface area contributed by atoms with Gasteiger partial charge in [-0.2, -0.15) is 4.80 Å². The predicted molar refractivity (Wildman–Crippen MR) is 143 cm³/mol. The Kier molecular flexibility index (Phi) is 8.16. The van der Waals surface area contributed by atoms with Gasteiger partial charge in [-0.25, -0.2) is 4.39 Å². The van der Waals surface area contributed by atoms with Gasteiger partial charge in [-0.1, -0.05) is 30.3 Å². The Labute approximate surface area is 224 Å². The molecule has 4 aromatic rings. The van der Waals surface area contributed by atoms with Crippen LogP contribution in [-0.2, 0) is 16.1 Å². The summed E-state index contributed by atoms with van der Waals surface area (Å²) in [7, 11) is 0. The molecule has 0 aliphatic carbocycles. The number of nitrogens with one attached hydrogen (secondary N) is 1. The molecule has 38 heavy (non-hydrogen) atoms. The number of anilines is 1. The van der Waals surface area contributed by atoms with Crippen LogP contribution >= 0.6 is 11.3 Å². The van der Waals surface area contributed by atoms with Gasteiger partial charge in [-0.05, 0) is 74.2 Å². The third-order valence-corrected chi connectivity index (χ3v) is 6.23. The maximum atomic E-state index is 15.2. The molecule has 1 N–H and O–H groups in total. The molecule has 4 rings (SSSR count). The molecule has 0 fully saturated rings. The first kappa shape index (κ1) is 26.9. The highest BCUT2D eigenvalue weighted by molar-refractivity contribution is 7.13. The second kappa shape index (κ2) is 11.5. The summed E-state index contributed by atoms with van der Waals surface area (Å²) in [6.07, 6.45) is 0. The number of tetrazole rings is 1. The van der Waals surface area contributed by atoms with Gasteiger partial charge in [0.15, 0.2) is 0 Å². The molecule has 2 heterocycles. The summed E-state index contributed by atoms with van der Waals surface area (Å²) in [5.74, 6) is -0.717. The number of carbonyl (C=O) groups excluding carboxylic acids is 2. The summed E-state index contributed by atoms with van der Waals surface area (Å²) in [4.78, 5) is 30.6. The van der Waals surface area contributed by atoms with Crippen molar-refractivity contribution < 1.29 is 18.7 Å². The van der Waals surface area contributed by atoms with E-state index >= 15 is 4.39 Å². The van der Waals surface area contributed by atoms with E-state index in [0.29, 0.717) is 23.7 Å². The highest BCUT2D eigenvalue weighted by Gasteiger charge is 2.36. The van der Waals surface area contributed by atoms with Gasteiger partial charge in [0.2, 0.25) is 11.7 Å². The molecule has 1 atom stereocenters. The zero-order valence-corrected chi connectivity index (χ0v) is 22.4. The minimum atomic E-state index is -1.19. The lowest BCUT2D eigenvalue weighted by Crippen LogP contribution is -2.50. The van der Waals surface area contributed by atoms with Crippen molar-refractivity contribution in [2.45, 2.75) is 45.8 Å². The Morgan fingerprint density at radius 3 is 2.47 bits per heavy atom. The zero-order valence-electron chi connectivity index (χ0n) is 21.6. The smallest absolute Gasteiger partial charge is 0.251 e. The number of carbonyl (C=O) groups is 2. The maximum absolute atomic E-state index is 15.2. The summed E-state index contributed by atoms with van der Waals surface area (Å²) < 4.78 is 20.7. The van der Waals surface area contributed by atoms with Crippen molar-refractivity contribution in [3.8, 4) is 16.5 Å². The average Bonchev–Trinajstić information content (AvgIpc) is 3.55. The molecule has 2 aromatic heterocycles. The van der Waals surface area contributed by atoms with Crippen LogP contribution < -0.4 is 15.0 Å². The molecule has 0 aliphatic heterocycles. The fourth-order valence-electron chi connectivity index (χ4n) is 3.85. The first-order valence-electron chi connectivity index (χ1n) is 12.1. The van der Waals surface area contributed by atoms with E-state index in [1.54, 1.807) is 30.3 Å². The fourth-order valence-corrected chi connectivity index (χ4v) is 4.49. The van der Waals surface area contributed by atoms with Crippen molar-refractivity contribution in [3.63, 3.8) is 0 Å². The molecule has 198 valence electrons. The third-order valence-electron chi connectivity index (χ3n) is 5.36. The standard InChI is InChI=1S/C27H29FN6O3S/c1-5-37-19-14-12-18(13-15-19)24(26(36)29-27(2,3)4)34(21-10-7-6-9-20(21)28)23(35)17-33-31-25(30-32-33)22-11-8-16-38-22/h6-16,24H,5,17H2,1-4H3,(H,29,36)/t24-/m0/s1. The first-order chi connectivity index (χ1) is 18.2. The number of benzene rings is 2. The van der Waals surface area contributed by atoms with Crippen molar-refractivity contribution in [1.82, 2.24) is 25.5 Å². The lowest BCUT2D eigenvalue weighted by atomic mass is 10.0. The summed E-state index contributed by atoms with van der Waals surface area (Å²) in [5, 5.41) is 17.2. The molecule has 0 aliphatic rings.